The molecule has 19 heavy (non-hydrogen) atoms. The fraction of sp³-hybridized carbons (Fsp3) is 0. The molecule has 0 radical (unpaired) electrons. The highest BCUT2D eigenvalue weighted by Crippen LogP contribution is 2.23. The molecule has 7 nitrogen and oxygen atoms in total. The van der Waals surface area contributed by atoms with Crippen molar-refractivity contribution in [2.24, 2.45) is 0 Å². The third-order valence-electron chi connectivity index (χ3n) is 2.04. The summed E-state index contributed by atoms with van der Waals surface area (Å²) >= 11 is 7.02. The van der Waals surface area contributed by atoms with Crippen LogP contribution in [0.25, 0.3) is 0 Å². The molecule has 0 fully saturated rings. The molecule has 0 aliphatic rings. The molecule has 2 amide bonds. The van der Waals surface area contributed by atoms with Gasteiger partial charge in [0.05, 0.1) is 16.3 Å². The van der Waals surface area contributed by atoms with E-state index < -0.39 is 12.0 Å². The van der Waals surface area contributed by atoms with Crippen LogP contribution in [-0.4, -0.2) is 27.3 Å². The molecule has 2 rings (SSSR count). The van der Waals surface area contributed by atoms with Gasteiger partial charge >= 0.3 is 12.0 Å². The molecular formula is C10H7ClN4O3S. The monoisotopic (exact) mass is 298 g/mol. The van der Waals surface area contributed by atoms with Crippen molar-refractivity contribution in [1.29, 1.82) is 0 Å². The van der Waals surface area contributed by atoms with Crippen LogP contribution < -0.4 is 10.6 Å². The molecule has 0 saturated carbocycles. The summed E-state index contributed by atoms with van der Waals surface area (Å²) in [4.78, 5) is 22.4. The van der Waals surface area contributed by atoms with Crippen molar-refractivity contribution >= 4 is 45.8 Å². The number of nitrogens with zero attached hydrogens (tertiary/aromatic N) is 2. The molecule has 0 unspecified atom stereocenters. The first-order valence-corrected chi connectivity index (χ1v) is 6.19. The van der Waals surface area contributed by atoms with E-state index in [2.05, 4.69) is 20.8 Å². The van der Waals surface area contributed by atoms with Gasteiger partial charge in [0.2, 0.25) is 5.13 Å². The molecule has 0 atom stereocenters. The van der Waals surface area contributed by atoms with Gasteiger partial charge in [0.15, 0.2) is 0 Å². The quantitative estimate of drug-likeness (QED) is 0.807. The fourth-order valence-electron chi connectivity index (χ4n) is 1.23. The van der Waals surface area contributed by atoms with Crippen molar-refractivity contribution in [2.45, 2.75) is 0 Å². The van der Waals surface area contributed by atoms with E-state index in [0.717, 1.165) is 11.3 Å². The van der Waals surface area contributed by atoms with E-state index >= 15 is 0 Å². The number of hydrogen-bond acceptors (Lipinski definition) is 5. The highest BCUT2D eigenvalue weighted by atomic mass is 35.5. The summed E-state index contributed by atoms with van der Waals surface area (Å²) in [7, 11) is 0. The van der Waals surface area contributed by atoms with E-state index in [-0.39, 0.29) is 16.3 Å². The number of aromatic carboxylic acids is 1. The number of carbonyl (C=O) groups is 2. The maximum Gasteiger partial charge on any atom is 0.335 e. The van der Waals surface area contributed by atoms with Gasteiger partial charge in [0, 0.05) is 0 Å². The summed E-state index contributed by atoms with van der Waals surface area (Å²) in [5.74, 6) is -1.11. The number of rotatable bonds is 3. The van der Waals surface area contributed by atoms with Crippen molar-refractivity contribution in [3.05, 3.63) is 34.3 Å². The van der Waals surface area contributed by atoms with Crippen molar-refractivity contribution in [2.75, 3.05) is 10.6 Å². The molecule has 3 N–H and O–H groups in total. The zero-order chi connectivity index (χ0) is 13.8. The van der Waals surface area contributed by atoms with Crippen molar-refractivity contribution < 1.29 is 14.7 Å². The largest absolute Gasteiger partial charge is 0.478 e. The molecule has 1 heterocycles. The van der Waals surface area contributed by atoms with E-state index in [1.165, 1.54) is 23.7 Å². The third kappa shape index (κ3) is 3.39. The molecule has 2 aromatic rings. The van der Waals surface area contributed by atoms with E-state index in [9.17, 15) is 9.59 Å². The first kappa shape index (κ1) is 13.2. The lowest BCUT2D eigenvalue weighted by Gasteiger charge is -2.07. The lowest BCUT2D eigenvalue weighted by Crippen LogP contribution is -2.19. The standard InChI is InChI=1S/C10H7ClN4O3S/c11-6-2-1-5(8(16)17)3-7(6)13-9(18)14-10-15-12-4-19-10/h1-4H,(H,16,17)(H2,13,14,15,18). The van der Waals surface area contributed by atoms with Crippen molar-refractivity contribution in [1.82, 2.24) is 10.2 Å². The number of aromatic nitrogens is 2. The van der Waals surface area contributed by atoms with Crippen LogP contribution in [0.4, 0.5) is 15.6 Å². The highest BCUT2D eigenvalue weighted by molar-refractivity contribution is 7.13. The molecule has 9 heteroatoms. The minimum absolute atomic E-state index is 0.0237. The predicted molar refractivity (Wildman–Crippen MR) is 71.0 cm³/mol. The van der Waals surface area contributed by atoms with Crippen molar-refractivity contribution in [3.8, 4) is 0 Å². The van der Waals surface area contributed by atoms with Gasteiger partial charge in [-0.3, -0.25) is 5.32 Å². The number of hydrogen-bond donors (Lipinski definition) is 3. The number of halogens is 1. The number of carboxylic acid groups (broad SMARTS) is 1. The second-order valence-electron chi connectivity index (χ2n) is 3.32. The minimum atomic E-state index is -1.11. The van der Waals surface area contributed by atoms with Crippen LogP contribution in [0, 0.1) is 0 Å². The number of amides is 2. The van der Waals surface area contributed by atoms with Crippen LogP contribution in [0.3, 0.4) is 0 Å². The second-order valence-corrected chi connectivity index (χ2v) is 4.56. The topological polar surface area (TPSA) is 104 Å². The van der Waals surface area contributed by atoms with E-state index in [0.29, 0.717) is 5.13 Å². The first-order valence-electron chi connectivity index (χ1n) is 4.93. The van der Waals surface area contributed by atoms with Crippen LogP contribution in [0.1, 0.15) is 10.4 Å². The Morgan fingerprint density at radius 1 is 1.32 bits per heavy atom. The van der Waals surface area contributed by atoms with E-state index in [4.69, 9.17) is 16.7 Å². The smallest absolute Gasteiger partial charge is 0.335 e. The summed E-state index contributed by atoms with van der Waals surface area (Å²) in [6.07, 6.45) is 0. The van der Waals surface area contributed by atoms with Gasteiger partial charge in [0.1, 0.15) is 5.51 Å². The Morgan fingerprint density at radius 3 is 2.74 bits per heavy atom. The maximum atomic E-state index is 11.6. The Balaban J connectivity index is 2.11. The minimum Gasteiger partial charge on any atom is -0.478 e. The fourth-order valence-corrected chi connectivity index (χ4v) is 1.84. The summed E-state index contributed by atoms with van der Waals surface area (Å²) in [5.41, 5.74) is 1.69. The zero-order valence-electron chi connectivity index (χ0n) is 9.25. The zero-order valence-corrected chi connectivity index (χ0v) is 10.8. The first-order chi connectivity index (χ1) is 9.06. The van der Waals surface area contributed by atoms with Gasteiger partial charge in [-0.25, -0.2) is 9.59 Å². The molecule has 0 aliphatic carbocycles. The molecule has 0 bridgehead atoms. The average molecular weight is 299 g/mol. The Kier molecular flexibility index (Phi) is 3.93. The van der Waals surface area contributed by atoms with Gasteiger partial charge in [-0.05, 0) is 18.2 Å². The predicted octanol–water partition coefficient (Wildman–Crippen LogP) is 2.53. The molecule has 98 valence electrons. The van der Waals surface area contributed by atoms with Gasteiger partial charge in [0.25, 0.3) is 0 Å². The van der Waals surface area contributed by atoms with Gasteiger partial charge < -0.3 is 10.4 Å². The maximum absolute atomic E-state index is 11.6. The highest BCUT2D eigenvalue weighted by Gasteiger charge is 2.11. The number of carbonyl (C=O) groups excluding carboxylic acids is 1. The van der Waals surface area contributed by atoms with Crippen LogP contribution in [0.15, 0.2) is 23.7 Å². The summed E-state index contributed by atoms with van der Waals surface area (Å²) in [6.45, 7) is 0. The second kappa shape index (κ2) is 5.63. The van der Waals surface area contributed by atoms with Gasteiger partial charge in [-0.15, -0.1) is 10.2 Å². The molecule has 0 spiro atoms. The lowest BCUT2D eigenvalue weighted by molar-refractivity contribution is 0.0697. The molecule has 1 aromatic heterocycles. The molecule has 1 aromatic carbocycles. The normalized spacial score (nSPS) is 9.95. The number of anilines is 2. The van der Waals surface area contributed by atoms with Crippen LogP contribution in [-0.2, 0) is 0 Å². The Bertz CT molecular complexity index is 617. The number of nitrogens with one attached hydrogen (secondary N) is 2. The average Bonchev–Trinajstić information content (AvgIpc) is 2.84. The summed E-state index contributed by atoms with van der Waals surface area (Å²) < 4.78 is 0. The molecule has 0 saturated heterocycles. The Hall–Kier alpha value is -2.19. The number of carboxylic acids is 1. The van der Waals surface area contributed by atoms with E-state index in [1.54, 1.807) is 0 Å². The van der Waals surface area contributed by atoms with Crippen LogP contribution in [0.2, 0.25) is 5.02 Å². The summed E-state index contributed by atoms with van der Waals surface area (Å²) in [5, 5.41) is 21.5. The molecular weight excluding hydrogens is 292 g/mol. The van der Waals surface area contributed by atoms with Crippen LogP contribution >= 0.6 is 22.9 Å². The third-order valence-corrected chi connectivity index (χ3v) is 2.98. The van der Waals surface area contributed by atoms with Gasteiger partial charge in [-0.2, -0.15) is 0 Å². The SMILES string of the molecule is O=C(Nc1nncs1)Nc1cc(C(=O)O)ccc1Cl. The molecule has 0 aliphatic heterocycles. The lowest BCUT2D eigenvalue weighted by atomic mass is 10.2. The number of urea groups is 1. The van der Waals surface area contributed by atoms with Crippen LogP contribution in [0.5, 0.6) is 0 Å². The number of benzene rings is 1. The summed E-state index contributed by atoms with van der Waals surface area (Å²) in [6, 6.07) is 3.43. The van der Waals surface area contributed by atoms with E-state index in [1.807, 2.05) is 0 Å². The van der Waals surface area contributed by atoms with Gasteiger partial charge in [-0.1, -0.05) is 22.9 Å². The van der Waals surface area contributed by atoms with Crippen molar-refractivity contribution in [3.63, 3.8) is 0 Å². The Labute approximate surface area is 116 Å². The Morgan fingerprint density at radius 2 is 2.11 bits per heavy atom.